The third kappa shape index (κ3) is 10.9. The molecule has 12 N–H and O–H groups in total. The number of imide groups is 1. The highest BCUT2D eigenvalue weighted by Crippen LogP contribution is 1.89. The maximum Gasteiger partial charge on any atom is 0.394 e. The number of nitrogens with one attached hydrogen (secondary N) is 2. The second-order valence-corrected chi connectivity index (χ2v) is 3.36. The van der Waals surface area contributed by atoms with Gasteiger partial charge in [-0.25, -0.2) is 4.79 Å². The van der Waals surface area contributed by atoms with Crippen molar-refractivity contribution in [2.75, 3.05) is 0 Å². The summed E-state index contributed by atoms with van der Waals surface area (Å²) in [7, 11) is -4.67. The normalized spacial score (nSPS) is 22.8. The molecule has 0 aromatic heterocycles. The van der Waals surface area contributed by atoms with Crippen LogP contribution >= 0.6 is 0 Å². The van der Waals surface area contributed by atoms with Crippen molar-refractivity contribution in [3.8, 4) is 0 Å². The highest BCUT2D eigenvalue weighted by molar-refractivity contribution is 7.79. The van der Waals surface area contributed by atoms with E-state index in [1.54, 1.807) is 0 Å². The van der Waals surface area contributed by atoms with Crippen LogP contribution in [0.4, 0.5) is 4.79 Å². The van der Waals surface area contributed by atoms with Gasteiger partial charge in [-0.2, -0.15) is 8.42 Å². The van der Waals surface area contributed by atoms with Gasteiger partial charge in [-0.1, -0.05) is 0 Å². The van der Waals surface area contributed by atoms with Gasteiger partial charge in [0.2, 0.25) is 5.91 Å². The van der Waals surface area contributed by atoms with Gasteiger partial charge < -0.3 is 27.7 Å². The number of amides is 3. The Bertz CT molecular complexity index is 347. The standard InChI is InChI=1S/C4H8N4O2.H2O4S.2H2O/c5-1-2(6)7-4(10)8-3(1)9;1-5(2,3)4;;/h1-2H,5-6H2,(H2,7,8,9,10);(H2,1,2,3,4);2*1H2. The summed E-state index contributed by atoms with van der Waals surface area (Å²) >= 11 is 0. The van der Waals surface area contributed by atoms with Crippen molar-refractivity contribution in [2.45, 2.75) is 12.2 Å². The molecular formula is C4H14N4O8S. The summed E-state index contributed by atoms with van der Waals surface area (Å²) in [5.74, 6) is -0.545. The Morgan fingerprint density at radius 2 is 1.47 bits per heavy atom. The Kier molecular flexibility index (Phi) is 9.69. The van der Waals surface area contributed by atoms with E-state index in [1.165, 1.54) is 0 Å². The molecule has 2 unspecified atom stereocenters. The summed E-state index contributed by atoms with van der Waals surface area (Å²) in [6.07, 6.45) is -0.777. The predicted octanol–water partition coefficient (Wildman–Crippen LogP) is -4.86. The molecule has 12 nitrogen and oxygen atoms in total. The minimum Gasteiger partial charge on any atom is -0.412 e. The molecule has 0 bridgehead atoms. The van der Waals surface area contributed by atoms with Crippen molar-refractivity contribution >= 4 is 22.3 Å². The molecule has 0 aromatic rings. The Hall–Kier alpha value is -1.35. The Morgan fingerprint density at radius 3 is 1.76 bits per heavy atom. The molecule has 0 radical (unpaired) electrons. The van der Waals surface area contributed by atoms with Crippen LogP contribution in [-0.2, 0) is 15.2 Å². The summed E-state index contributed by atoms with van der Waals surface area (Å²) in [5.41, 5.74) is 10.5. The van der Waals surface area contributed by atoms with Crippen LogP contribution in [0.2, 0.25) is 0 Å². The monoisotopic (exact) mass is 278 g/mol. The van der Waals surface area contributed by atoms with E-state index in [0.717, 1.165) is 0 Å². The second kappa shape index (κ2) is 7.85. The van der Waals surface area contributed by atoms with Gasteiger partial charge in [0.05, 0.1) is 0 Å². The molecule has 2 atom stereocenters. The number of carbonyl (C=O) groups is 2. The number of carbonyl (C=O) groups excluding carboxylic acids is 2. The fourth-order valence-corrected chi connectivity index (χ4v) is 0.636. The number of nitrogens with two attached hydrogens (primary N) is 2. The van der Waals surface area contributed by atoms with Gasteiger partial charge in [-0.3, -0.25) is 19.2 Å². The quantitative estimate of drug-likeness (QED) is 0.233. The molecule has 0 spiro atoms. The summed E-state index contributed by atoms with van der Waals surface area (Å²) in [4.78, 5) is 21.1. The topological polar surface area (TPSA) is 248 Å². The lowest BCUT2D eigenvalue weighted by Crippen LogP contribution is -2.67. The average Bonchev–Trinajstić information content (AvgIpc) is 1.96. The molecule has 13 heteroatoms. The molecule has 1 fully saturated rings. The highest BCUT2D eigenvalue weighted by Gasteiger charge is 2.29. The number of rotatable bonds is 0. The minimum atomic E-state index is -4.67. The van der Waals surface area contributed by atoms with Gasteiger partial charge in [-0.15, -0.1) is 0 Å². The van der Waals surface area contributed by atoms with Crippen LogP contribution < -0.4 is 22.1 Å². The molecule has 1 rings (SSSR count). The van der Waals surface area contributed by atoms with Crippen LogP contribution in [0.3, 0.4) is 0 Å². The van der Waals surface area contributed by atoms with Gasteiger partial charge in [0.15, 0.2) is 0 Å². The average molecular weight is 278 g/mol. The largest absolute Gasteiger partial charge is 0.412 e. The lowest BCUT2D eigenvalue weighted by Gasteiger charge is -2.24. The molecule has 3 amide bonds. The van der Waals surface area contributed by atoms with E-state index in [4.69, 9.17) is 29.0 Å². The lowest BCUT2D eigenvalue weighted by atomic mass is 10.2. The van der Waals surface area contributed by atoms with E-state index in [2.05, 4.69) is 5.32 Å². The van der Waals surface area contributed by atoms with Crippen LogP contribution in [0.15, 0.2) is 0 Å². The fourth-order valence-electron chi connectivity index (χ4n) is 0.636. The molecule has 0 saturated carbocycles. The molecule has 104 valence electrons. The molecule has 0 aliphatic carbocycles. The molecule has 1 aliphatic heterocycles. The van der Waals surface area contributed by atoms with Crippen LogP contribution in [0.1, 0.15) is 0 Å². The van der Waals surface area contributed by atoms with Crippen molar-refractivity contribution in [1.29, 1.82) is 0 Å². The van der Waals surface area contributed by atoms with E-state index >= 15 is 0 Å². The SMILES string of the molecule is NC1NC(=O)NC(=O)C1N.O.O.O=S(=O)(O)O. The maximum atomic E-state index is 10.6. The molecular weight excluding hydrogens is 264 g/mol. The van der Waals surface area contributed by atoms with E-state index in [0.29, 0.717) is 0 Å². The summed E-state index contributed by atoms with van der Waals surface area (Å²) in [6.45, 7) is 0. The first-order valence-corrected chi connectivity index (χ1v) is 4.83. The van der Waals surface area contributed by atoms with Crippen molar-refractivity contribution < 1.29 is 38.1 Å². The van der Waals surface area contributed by atoms with Crippen LogP contribution in [0.5, 0.6) is 0 Å². The third-order valence-electron chi connectivity index (χ3n) is 1.22. The highest BCUT2D eigenvalue weighted by atomic mass is 32.3. The van der Waals surface area contributed by atoms with Gasteiger partial charge in [0.1, 0.15) is 12.2 Å². The van der Waals surface area contributed by atoms with Gasteiger partial charge in [-0.05, 0) is 0 Å². The van der Waals surface area contributed by atoms with Crippen LogP contribution in [0.25, 0.3) is 0 Å². The zero-order chi connectivity index (χ0) is 12.2. The van der Waals surface area contributed by atoms with E-state index < -0.39 is 34.5 Å². The number of hydrogen-bond acceptors (Lipinski definition) is 6. The lowest BCUT2D eigenvalue weighted by molar-refractivity contribution is -0.122. The van der Waals surface area contributed by atoms with E-state index in [-0.39, 0.29) is 11.0 Å². The first-order chi connectivity index (χ1) is 6.61. The molecule has 0 aromatic carbocycles. The summed E-state index contributed by atoms with van der Waals surface area (Å²) in [5, 5.41) is 4.21. The molecule has 17 heavy (non-hydrogen) atoms. The molecule has 1 saturated heterocycles. The maximum absolute atomic E-state index is 10.6. The van der Waals surface area contributed by atoms with Crippen LogP contribution in [0, 0.1) is 0 Å². The van der Waals surface area contributed by atoms with E-state index in [9.17, 15) is 9.59 Å². The van der Waals surface area contributed by atoms with E-state index in [1.807, 2.05) is 5.32 Å². The Balaban J connectivity index is -0.000000247. The summed E-state index contributed by atoms with van der Waals surface area (Å²) in [6, 6.07) is -1.45. The summed E-state index contributed by atoms with van der Waals surface area (Å²) < 4.78 is 31.6. The van der Waals surface area contributed by atoms with Gasteiger partial charge in [0.25, 0.3) is 0 Å². The van der Waals surface area contributed by atoms with Crippen molar-refractivity contribution in [3.05, 3.63) is 0 Å². The first-order valence-electron chi connectivity index (χ1n) is 3.43. The first kappa shape index (κ1) is 21.0. The third-order valence-corrected chi connectivity index (χ3v) is 1.22. The minimum absolute atomic E-state index is 0. The Labute approximate surface area is 95.5 Å². The number of hydrogen-bond donors (Lipinski definition) is 6. The van der Waals surface area contributed by atoms with Gasteiger partial charge in [0, 0.05) is 0 Å². The number of urea groups is 1. The molecule has 1 aliphatic rings. The van der Waals surface area contributed by atoms with Crippen molar-refractivity contribution in [2.24, 2.45) is 11.5 Å². The fraction of sp³-hybridized carbons (Fsp3) is 0.500. The zero-order valence-corrected chi connectivity index (χ0v) is 9.06. The zero-order valence-electron chi connectivity index (χ0n) is 8.25. The smallest absolute Gasteiger partial charge is 0.394 e. The van der Waals surface area contributed by atoms with Crippen molar-refractivity contribution in [3.63, 3.8) is 0 Å². The second-order valence-electron chi connectivity index (χ2n) is 2.46. The molecule has 1 heterocycles. The van der Waals surface area contributed by atoms with Crippen LogP contribution in [-0.4, -0.2) is 52.6 Å². The van der Waals surface area contributed by atoms with Gasteiger partial charge >= 0.3 is 16.4 Å². The predicted molar refractivity (Wildman–Crippen MR) is 54.0 cm³/mol. The Morgan fingerprint density at radius 1 is 1.12 bits per heavy atom. The van der Waals surface area contributed by atoms with Crippen molar-refractivity contribution in [1.82, 2.24) is 10.6 Å².